The Morgan fingerprint density at radius 3 is 2.02 bits per heavy atom. The summed E-state index contributed by atoms with van der Waals surface area (Å²) in [5.41, 5.74) is 2.50. The van der Waals surface area contributed by atoms with Gasteiger partial charge in [0.05, 0.1) is 23.6 Å². The first-order valence-electron chi connectivity index (χ1n) is 13.0. The van der Waals surface area contributed by atoms with Gasteiger partial charge in [-0.05, 0) is 38.1 Å². The van der Waals surface area contributed by atoms with Crippen molar-refractivity contribution >= 4 is 29.0 Å². The van der Waals surface area contributed by atoms with Gasteiger partial charge in [-0.2, -0.15) is 0 Å². The van der Waals surface area contributed by atoms with Crippen LogP contribution in [0, 0.1) is 11.8 Å². The number of aliphatic hydroxyl groups excluding tert-OH is 3. The minimum absolute atomic E-state index is 0. The van der Waals surface area contributed by atoms with E-state index in [9.17, 15) is 44.7 Å². The van der Waals surface area contributed by atoms with Gasteiger partial charge in [-0.1, -0.05) is 65.6 Å². The van der Waals surface area contributed by atoms with Crippen LogP contribution in [0.1, 0.15) is 63.5 Å². The summed E-state index contributed by atoms with van der Waals surface area (Å²) in [5, 5.41) is 57.3. The number of hydrogen-bond acceptors (Lipinski definition) is 10. The molecule has 11 heteroatoms. The van der Waals surface area contributed by atoms with E-state index >= 15 is 0 Å². The van der Waals surface area contributed by atoms with E-state index in [0.717, 1.165) is 0 Å². The summed E-state index contributed by atoms with van der Waals surface area (Å²) in [4.78, 5) is 52.5. The molecule has 1 fully saturated rings. The van der Waals surface area contributed by atoms with E-state index < -0.39 is 75.6 Å². The van der Waals surface area contributed by atoms with Crippen molar-refractivity contribution < 1.29 is 44.7 Å². The highest BCUT2D eigenvalue weighted by Crippen LogP contribution is 2.56. The molecule has 0 aliphatic heterocycles. The molecule has 7 N–H and O–H groups in total. The molecule has 5 rings (SSSR count). The maximum Gasteiger partial charge on any atom is 0.255 e. The van der Waals surface area contributed by atoms with Gasteiger partial charge in [0.2, 0.25) is 5.78 Å². The Labute approximate surface area is 256 Å². The zero-order valence-corrected chi connectivity index (χ0v) is 22.7. The van der Waals surface area contributed by atoms with Gasteiger partial charge in [-0.3, -0.25) is 24.1 Å². The average Bonchev–Trinajstić information content (AvgIpc) is 2.90. The molecule has 2 aromatic rings. The van der Waals surface area contributed by atoms with Crippen molar-refractivity contribution in [2.45, 2.75) is 59.8 Å². The van der Waals surface area contributed by atoms with Crippen molar-refractivity contribution in [3.63, 3.8) is 0 Å². The zero-order chi connectivity index (χ0) is 30.3. The van der Waals surface area contributed by atoms with Gasteiger partial charge >= 0.3 is 0 Å². The lowest BCUT2D eigenvalue weighted by Gasteiger charge is -2.53. The normalized spacial score (nSPS) is 27.3. The molecule has 0 aromatic heterocycles. The number of phenolic OH excluding ortho intramolecular Hbond substituents is 1. The third-order valence-electron chi connectivity index (χ3n) is 8.73. The van der Waals surface area contributed by atoms with Crippen LogP contribution in [0.15, 0.2) is 53.3 Å². The highest BCUT2D eigenvalue weighted by atomic mass is 16.4. The SMILES string of the molecule is C.C.C.CC(=O)c1ccc(-c2ccc3c(c2O)C(O)=C2C(=O)[C@]4(O)C(O)=C(C(N)=O)C(=O)[C@@H](N(C)C)[C@@H]4[C@@H](O)[C@@H]2[C@H]3C)cc1. The van der Waals surface area contributed by atoms with Gasteiger partial charge in [0, 0.05) is 22.6 Å². The number of Topliss-reactive ketones (excluding diaryl/α,β-unsaturated/α-hetero) is 3. The number of nitrogens with zero attached hydrogens (tertiary/aromatic N) is 1. The Bertz CT molecular complexity index is 1610. The Morgan fingerprint density at radius 1 is 0.955 bits per heavy atom. The molecule has 0 radical (unpaired) electrons. The monoisotopic (exact) mass is 610 g/mol. The van der Waals surface area contributed by atoms with Crippen LogP contribution in [-0.2, 0) is 14.4 Å². The number of hydrogen-bond donors (Lipinski definition) is 6. The predicted octanol–water partition coefficient (Wildman–Crippen LogP) is 3.27. The van der Waals surface area contributed by atoms with Crippen LogP contribution in [0.3, 0.4) is 0 Å². The first-order chi connectivity index (χ1) is 19.2. The Balaban J connectivity index is 0.00000225. The lowest BCUT2D eigenvalue weighted by atomic mass is 9.54. The van der Waals surface area contributed by atoms with Gasteiger partial charge in [0.25, 0.3) is 5.91 Å². The van der Waals surface area contributed by atoms with Crippen LogP contribution < -0.4 is 5.73 Å². The molecule has 44 heavy (non-hydrogen) atoms. The van der Waals surface area contributed by atoms with Crippen molar-refractivity contribution in [1.82, 2.24) is 4.90 Å². The third-order valence-corrected chi connectivity index (χ3v) is 8.73. The molecular weight excluding hydrogens is 568 g/mol. The fraction of sp³-hybridized carbons (Fsp3) is 0.394. The lowest BCUT2D eigenvalue weighted by Crippen LogP contribution is -2.70. The standard InChI is InChI=1S/C30H30N2O9.3CH4/c1-11-15-9-10-16(14-7-5-13(6-8-14)12(2)33)23(34)18(15)24(35)19-17(11)25(36)21-22(32(3)4)26(37)20(29(31)40)28(39)30(21,41)27(19)38;;;/h5-11,17,21-22,25,34-36,39,41H,1-4H3,(H2,31,40);3*1H4/t11-,17+,21+,22-,25-,30-;;;/m0.../s1. The minimum atomic E-state index is -2.97. The lowest BCUT2D eigenvalue weighted by molar-refractivity contribution is -0.169. The summed E-state index contributed by atoms with van der Waals surface area (Å²) in [6.45, 7) is 3.08. The molecule has 1 amide bonds. The van der Waals surface area contributed by atoms with E-state index in [1.807, 2.05) is 0 Å². The van der Waals surface area contributed by atoms with E-state index in [4.69, 9.17) is 5.73 Å². The van der Waals surface area contributed by atoms with E-state index in [0.29, 0.717) is 16.7 Å². The van der Waals surface area contributed by atoms with Crippen LogP contribution in [0.2, 0.25) is 0 Å². The van der Waals surface area contributed by atoms with Crippen LogP contribution in [0.25, 0.3) is 16.9 Å². The Hall–Kier alpha value is -4.32. The summed E-state index contributed by atoms with van der Waals surface area (Å²) in [6.07, 6.45) is -1.66. The summed E-state index contributed by atoms with van der Waals surface area (Å²) < 4.78 is 0. The Kier molecular flexibility index (Phi) is 9.78. The fourth-order valence-corrected chi connectivity index (χ4v) is 6.73. The topological polar surface area (TPSA) is 199 Å². The number of aliphatic hydroxyl groups is 4. The molecule has 238 valence electrons. The fourth-order valence-electron chi connectivity index (χ4n) is 6.73. The second-order valence-electron chi connectivity index (χ2n) is 11.1. The molecule has 6 atom stereocenters. The van der Waals surface area contributed by atoms with Crippen molar-refractivity contribution in [3.8, 4) is 16.9 Å². The van der Waals surface area contributed by atoms with Crippen molar-refractivity contribution in [2.24, 2.45) is 17.6 Å². The number of aromatic hydroxyl groups is 1. The van der Waals surface area contributed by atoms with Crippen LogP contribution >= 0.6 is 0 Å². The number of phenols is 1. The first-order valence-corrected chi connectivity index (χ1v) is 13.0. The van der Waals surface area contributed by atoms with E-state index in [1.54, 1.807) is 43.3 Å². The molecule has 11 nitrogen and oxygen atoms in total. The average molecular weight is 611 g/mol. The quantitative estimate of drug-likeness (QED) is 0.221. The summed E-state index contributed by atoms with van der Waals surface area (Å²) in [7, 11) is 2.90. The number of carbonyl (C=O) groups excluding carboxylic acids is 4. The summed E-state index contributed by atoms with van der Waals surface area (Å²) in [6, 6.07) is 8.24. The number of benzene rings is 2. The molecule has 3 aliphatic carbocycles. The van der Waals surface area contributed by atoms with Crippen molar-refractivity contribution in [3.05, 3.63) is 70.0 Å². The summed E-state index contributed by atoms with van der Waals surface area (Å²) >= 11 is 0. The highest BCUT2D eigenvalue weighted by molar-refractivity contribution is 6.24. The molecule has 1 saturated carbocycles. The molecule has 0 spiro atoms. The van der Waals surface area contributed by atoms with Gasteiger partial charge < -0.3 is 31.3 Å². The van der Waals surface area contributed by atoms with E-state index in [-0.39, 0.29) is 44.9 Å². The number of ketones is 3. The molecule has 3 aliphatic rings. The molecule has 0 unspecified atom stereocenters. The van der Waals surface area contributed by atoms with E-state index in [2.05, 4.69) is 0 Å². The number of fused-ring (bicyclic) bond motifs is 3. The molecule has 2 aromatic carbocycles. The molecule has 0 bridgehead atoms. The number of carbonyl (C=O) groups is 4. The molecule has 0 heterocycles. The van der Waals surface area contributed by atoms with Gasteiger partial charge in [-0.15, -0.1) is 0 Å². The second-order valence-corrected chi connectivity index (χ2v) is 11.1. The smallest absolute Gasteiger partial charge is 0.255 e. The van der Waals surface area contributed by atoms with Crippen LogP contribution in [0.5, 0.6) is 5.75 Å². The largest absolute Gasteiger partial charge is 0.508 e. The predicted molar refractivity (Wildman–Crippen MR) is 166 cm³/mol. The van der Waals surface area contributed by atoms with Crippen molar-refractivity contribution in [2.75, 3.05) is 14.1 Å². The van der Waals surface area contributed by atoms with E-state index in [1.165, 1.54) is 25.9 Å². The number of amides is 1. The third kappa shape index (κ3) is 4.63. The van der Waals surface area contributed by atoms with Crippen molar-refractivity contribution in [1.29, 1.82) is 0 Å². The van der Waals surface area contributed by atoms with Crippen LogP contribution in [0.4, 0.5) is 0 Å². The number of primary amides is 1. The van der Waals surface area contributed by atoms with Gasteiger partial charge in [-0.25, -0.2) is 0 Å². The second kappa shape index (κ2) is 12.0. The zero-order valence-electron chi connectivity index (χ0n) is 22.7. The first kappa shape index (κ1) is 35.9. The van der Waals surface area contributed by atoms with Gasteiger partial charge in [0.1, 0.15) is 22.8 Å². The van der Waals surface area contributed by atoms with Gasteiger partial charge in [0.15, 0.2) is 17.2 Å². The minimum Gasteiger partial charge on any atom is -0.508 e. The number of nitrogens with two attached hydrogens (primary N) is 1. The Morgan fingerprint density at radius 2 is 1.52 bits per heavy atom. The van der Waals surface area contributed by atoms with Crippen LogP contribution in [-0.4, -0.2) is 85.5 Å². The maximum atomic E-state index is 14.1. The number of likely N-dealkylation sites (N-methyl/N-ethyl adjacent to an activating group) is 1. The molecule has 0 saturated heterocycles. The highest BCUT2D eigenvalue weighted by Gasteiger charge is 2.68. The number of rotatable bonds is 4. The summed E-state index contributed by atoms with van der Waals surface area (Å²) in [5.74, 6) is -9.54. The maximum absolute atomic E-state index is 14.1. The molecular formula is C33H42N2O9.